The van der Waals surface area contributed by atoms with E-state index in [9.17, 15) is 0 Å². The van der Waals surface area contributed by atoms with E-state index in [1.54, 1.807) is 14.2 Å². The molecule has 2 aromatic carbocycles. The molecule has 134 valence electrons. The fraction of sp³-hybridized carbons (Fsp3) is 0.227. The number of aromatic nitrogens is 1. The first-order chi connectivity index (χ1) is 12.7. The van der Waals surface area contributed by atoms with Gasteiger partial charge in [-0.05, 0) is 60.0 Å². The summed E-state index contributed by atoms with van der Waals surface area (Å²) in [6, 6.07) is 18.6. The van der Waals surface area contributed by atoms with Crippen molar-refractivity contribution in [3.8, 4) is 22.6 Å². The molecule has 0 saturated carbocycles. The van der Waals surface area contributed by atoms with E-state index in [-0.39, 0.29) is 6.04 Å². The van der Waals surface area contributed by atoms with Crippen molar-refractivity contribution in [3.05, 3.63) is 78.1 Å². The van der Waals surface area contributed by atoms with Crippen LogP contribution in [0.15, 0.2) is 67.0 Å². The molecule has 0 radical (unpaired) electrons. The molecule has 0 amide bonds. The van der Waals surface area contributed by atoms with Crippen LogP contribution in [0.1, 0.15) is 24.1 Å². The summed E-state index contributed by atoms with van der Waals surface area (Å²) in [6.07, 6.45) is 3.64. The summed E-state index contributed by atoms with van der Waals surface area (Å²) in [5.41, 5.74) is 4.61. The monoisotopic (exact) mass is 348 g/mol. The van der Waals surface area contributed by atoms with Gasteiger partial charge in [-0.1, -0.05) is 18.2 Å². The molecule has 0 bridgehead atoms. The molecule has 0 saturated heterocycles. The second kappa shape index (κ2) is 8.50. The van der Waals surface area contributed by atoms with E-state index in [1.807, 2.05) is 54.9 Å². The van der Waals surface area contributed by atoms with Crippen molar-refractivity contribution in [2.24, 2.45) is 0 Å². The molecule has 0 fully saturated rings. The van der Waals surface area contributed by atoms with E-state index in [4.69, 9.17) is 9.47 Å². The third-order valence-electron chi connectivity index (χ3n) is 4.48. The first-order valence-corrected chi connectivity index (χ1v) is 8.66. The van der Waals surface area contributed by atoms with E-state index in [0.29, 0.717) is 0 Å². The number of nitrogens with one attached hydrogen (secondary N) is 1. The summed E-state index contributed by atoms with van der Waals surface area (Å²) in [5, 5.41) is 3.56. The summed E-state index contributed by atoms with van der Waals surface area (Å²) in [4.78, 5) is 4.07. The highest BCUT2D eigenvalue weighted by Crippen LogP contribution is 2.32. The first-order valence-electron chi connectivity index (χ1n) is 8.66. The fourth-order valence-electron chi connectivity index (χ4n) is 2.90. The van der Waals surface area contributed by atoms with Crippen LogP contribution in [0.3, 0.4) is 0 Å². The van der Waals surface area contributed by atoms with Crippen LogP contribution in [0.2, 0.25) is 0 Å². The molecule has 4 nitrogen and oxygen atoms in total. The van der Waals surface area contributed by atoms with Gasteiger partial charge in [0.2, 0.25) is 0 Å². The molecule has 0 aliphatic rings. The zero-order valence-electron chi connectivity index (χ0n) is 15.4. The van der Waals surface area contributed by atoms with Crippen LogP contribution in [-0.4, -0.2) is 19.2 Å². The van der Waals surface area contributed by atoms with Crippen LogP contribution >= 0.6 is 0 Å². The third-order valence-corrected chi connectivity index (χ3v) is 4.48. The van der Waals surface area contributed by atoms with Gasteiger partial charge in [0.15, 0.2) is 0 Å². The molecule has 26 heavy (non-hydrogen) atoms. The molecule has 0 aliphatic carbocycles. The minimum absolute atomic E-state index is 0.254. The lowest BCUT2D eigenvalue weighted by molar-refractivity contribution is 0.414. The Morgan fingerprint density at radius 2 is 1.65 bits per heavy atom. The average molecular weight is 348 g/mol. The number of methoxy groups -OCH3 is 2. The second-order valence-electron chi connectivity index (χ2n) is 6.15. The maximum atomic E-state index is 5.55. The Morgan fingerprint density at radius 1 is 0.923 bits per heavy atom. The smallest absolute Gasteiger partial charge is 0.126 e. The van der Waals surface area contributed by atoms with Crippen molar-refractivity contribution < 1.29 is 9.47 Å². The van der Waals surface area contributed by atoms with Crippen LogP contribution in [-0.2, 0) is 6.54 Å². The Labute approximate surface area is 154 Å². The van der Waals surface area contributed by atoms with Crippen molar-refractivity contribution in [2.75, 3.05) is 14.2 Å². The minimum Gasteiger partial charge on any atom is -0.497 e. The van der Waals surface area contributed by atoms with Crippen LogP contribution in [0.4, 0.5) is 0 Å². The SMILES string of the molecule is COc1ccc(-c2cc(CNC(C)c3ccncc3)ccc2OC)cc1. The van der Waals surface area contributed by atoms with Gasteiger partial charge >= 0.3 is 0 Å². The number of hydrogen-bond acceptors (Lipinski definition) is 4. The van der Waals surface area contributed by atoms with Gasteiger partial charge in [0, 0.05) is 30.5 Å². The van der Waals surface area contributed by atoms with Gasteiger partial charge in [0.1, 0.15) is 11.5 Å². The summed E-state index contributed by atoms with van der Waals surface area (Å²) in [6.45, 7) is 2.93. The molecule has 1 aromatic heterocycles. The predicted octanol–water partition coefficient (Wildman–Crippen LogP) is 4.62. The Kier molecular flexibility index (Phi) is 5.87. The first kappa shape index (κ1) is 18.0. The molecular weight excluding hydrogens is 324 g/mol. The Balaban J connectivity index is 1.78. The Hall–Kier alpha value is -2.85. The molecular formula is C22H24N2O2. The highest BCUT2D eigenvalue weighted by Gasteiger charge is 2.09. The Bertz CT molecular complexity index is 833. The van der Waals surface area contributed by atoms with Gasteiger partial charge in [-0.15, -0.1) is 0 Å². The van der Waals surface area contributed by atoms with E-state index in [1.165, 1.54) is 11.1 Å². The van der Waals surface area contributed by atoms with E-state index < -0.39 is 0 Å². The molecule has 3 rings (SSSR count). The molecule has 3 aromatic rings. The van der Waals surface area contributed by atoms with Gasteiger partial charge in [0.25, 0.3) is 0 Å². The van der Waals surface area contributed by atoms with Gasteiger partial charge in [-0.25, -0.2) is 0 Å². The van der Waals surface area contributed by atoms with Crippen LogP contribution in [0.25, 0.3) is 11.1 Å². The van der Waals surface area contributed by atoms with Crippen molar-refractivity contribution in [1.82, 2.24) is 10.3 Å². The normalized spacial score (nSPS) is 11.8. The average Bonchev–Trinajstić information content (AvgIpc) is 2.72. The maximum absolute atomic E-state index is 5.55. The topological polar surface area (TPSA) is 43.4 Å². The molecule has 4 heteroatoms. The molecule has 1 atom stereocenters. The fourth-order valence-corrected chi connectivity index (χ4v) is 2.90. The lowest BCUT2D eigenvalue weighted by Crippen LogP contribution is -2.18. The lowest BCUT2D eigenvalue weighted by Gasteiger charge is -2.16. The zero-order valence-corrected chi connectivity index (χ0v) is 15.4. The number of hydrogen-bond donors (Lipinski definition) is 1. The second-order valence-corrected chi connectivity index (χ2v) is 6.15. The van der Waals surface area contributed by atoms with E-state index >= 15 is 0 Å². The summed E-state index contributed by atoms with van der Waals surface area (Å²) in [7, 11) is 3.37. The highest BCUT2D eigenvalue weighted by molar-refractivity contribution is 5.71. The lowest BCUT2D eigenvalue weighted by atomic mass is 10.0. The van der Waals surface area contributed by atoms with Gasteiger partial charge < -0.3 is 14.8 Å². The van der Waals surface area contributed by atoms with Gasteiger partial charge in [-0.3, -0.25) is 4.98 Å². The Morgan fingerprint density at radius 3 is 2.31 bits per heavy atom. The number of nitrogens with zero attached hydrogens (tertiary/aromatic N) is 1. The van der Waals surface area contributed by atoms with Gasteiger partial charge in [-0.2, -0.15) is 0 Å². The molecule has 0 aliphatic heterocycles. The van der Waals surface area contributed by atoms with E-state index in [2.05, 4.69) is 29.4 Å². The number of benzene rings is 2. The molecule has 0 spiro atoms. The van der Waals surface area contributed by atoms with E-state index in [0.717, 1.165) is 29.2 Å². The van der Waals surface area contributed by atoms with Crippen LogP contribution in [0.5, 0.6) is 11.5 Å². The largest absolute Gasteiger partial charge is 0.497 e. The van der Waals surface area contributed by atoms with Gasteiger partial charge in [0.05, 0.1) is 14.2 Å². The molecule has 1 N–H and O–H groups in total. The predicted molar refractivity (Wildman–Crippen MR) is 104 cm³/mol. The maximum Gasteiger partial charge on any atom is 0.126 e. The standard InChI is InChI=1S/C22H24N2O2/c1-16(18-10-12-23-13-11-18)24-15-17-4-9-22(26-3)21(14-17)19-5-7-20(25-2)8-6-19/h4-14,16,24H,15H2,1-3H3. The van der Waals surface area contributed by atoms with Crippen molar-refractivity contribution >= 4 is 0 Å². The van der Waals surface area contributed by atoms with Crippen molar-refractivity contribution in [2.45, 2.75) is 19.5 Å². The quantitative estimate of drug-likeness (QED) is 0.677. The van der Waals surface area contributed by atoms with Crippen LogP contribution in [0, 0.1) is 0 Å². The highest BCUT2D eigenvalue weighted by atomic mass is 16.5. The number of pyridine rings is 1. The summed E-state index contributed by atoms with van der Waals surface area (Å²) < 4.78 is 10.8. The van der Waals surface area contributed by atoms with Crippen molar-refractivity contribution in [3.63, 3.8) is 0 Å². The molecule has 1 unspecified atom stereocenters. The summed E-state index contributed by atoms with van der Waals surface area (Å²) >= 11 is 0. The van der Waals surface area contributed by atoms with Crippen molar-refractivity contribution in [1.29, 1.82) is 0 Å². The molecule has 1 heterocycles. The number of rotatable bonds is 7. The minimum atomic E-state index is 0.254. The summed E-state index contributed by atoms with van der Waals surface area (Å²) in [5.74, 6) is 1.71. The van der Waals surface area contributed by atoms with Crippen LogP contribution < -0.4 is 14.8 Å². The third kappa shape index (κ3) is 4.21. The number of ether oxygens (including phenoxy) is 2. The zero-order chi connectivity index (χ0) is 18.4.